The Bertz CT molecular complexity index is 528. The quantitative estimate of drug-likeness (QED) is 0.722. The van der Waals surface area contributed by atoms with Gasteiger partial charge in [0.15, 0.2) is 0 Å². The van der Waals surface area contributed by atoms with Gasteiger partial charge in [-0.1, -0.05) is 19.4 Å². The van der Waals surface area contributed by atoms with Crippen molar-refractivity contribution < 1.29 is 9.90 Å². The van der Waals surface area contributed by atoms with E-state index in [4.69, 9.17) is 0 Å². The van der Waals surface area contributed by atoms with E-state index in [-0.39, 0.29) is 22.8 Å². The Labute approximate surface area is 133 Å². The Morgan fingerprint density at radius 1 is 1.14 bits per heavy atom. The summed E-state index contributed by atoms with van der Waals surface area (Å²) in [6.45, 7) is 5.55. The third-order valence-electron chi connectivity index (χ3n) is 7.93. The zero-order chi connectivity index (χ0) is 15.5. The number of rotatable bonds is 0. The van der Waals surface area contributed by atoms with E-state index >= 15 is 0 Å². The molecule has 0 bridgehead atoms. The Hall–Kier alpha value is -0.830. The molecule has 0 aromatic heterocycles. The van der Waals surface area contributed by atoms with Crippen molar-refractivity contribution in [3.63, 3.8) is 0 Å². The average molecular weight is 303 g/mol. The summed E-state index contributed by atoms with van der Waals surface area (Å²) in [6, 6.07) is 0. The van der Waals surface area contributed by atoms with Crippen molar-refractivity contribution in [2.75, 3.05) is 6.54 Å². The van der Waals surface area contributed by atoms with Gasteiger partial charge in [0.2, 0.25) is 5.91 Å². The molecule has 1 amide bonds. The molecular formula is C19H29NO2. The molecule has 0 aromatic carbocycles. The molecule has 1 aliphatic heterocycles. The van der Waals surface area contributed by atoms with Crippen LogP contribution < -0.4 is 5.32 Å². The van der Waals surface area contributed by atoms with Crippen molar-refractivity contribution in [3.05, 3.63) is 11.6 Å². The van der Waals surface area contributed by atoms with Crippen LogP contribution in [0.2, 0.25) is 0 Å². The van der Waals surface area contributed by atoms with E-state index in [0.29, 0.717) is 11.8 Å². The molecule has 0 spiro atoms. The van der Waals surface area contributed by atoms with Crippen LogP contribution in [0.1, 0.15) is 58.8 Å². The summed E-state index contributed by atoms with van der Waals surface area (Å²) in [4.78, 5) is 11.9. The summed E-state index contributed by atoms with van der Waals surface area (Å²) in [5, 5.41) is 13.5. The topological polar surface area (TPSA) is 49.3 Å². The predicted molar refractivity (Wildman–Crippen MR) is 86.1 cm³/mol. The first-order valence-electron chi connectivity index (χ1n) is 9.12. The maximum atomic E-state index is 11.9. The molecule has 3 nitrogen and oxygen atoms in total. The molecule has 4 rings (SSSR count). The summed E-state index contributed by atoms with van der Waals surface area (Å²) >= 11 is 0. The van der Waals surface area contributed by atoms with Crippen LogP contribution in [0.25, 0.3) is 0 Å². The standard InChI is InChI=1S/C19H29NO2/c1-18-9-10-20-17(22)11-12(18)3-4-13-14-5-6-16(21)19(14,2)8-7-15(13)18/h11,13-16,21H,3-10H2,1-2H3,(H,20,22)/t13-,14+,15-,16+,18-,19+/m1/s1. The number of allylic oxidation sites excluding steroid dienone is 1. The number of aliphatic hydroxyl groups is 1. The summed E-state index contributed by atoms with van der Waals surface area (Å²) in [5.74, 6) is 2.23. The molecule has 4 aliphatic rings. The minimum atomic E-state index is -0.0967. The smallest absolute Gasteiger partial charge is 0.243 e. The number of nitrogens with one attached hydrogen (secondary N) is 1. The molecule has 3 heteroatoms. The first-order valence-corrected chi connectivity index (χ1v) is 9.12. The van der Waals surface area contributed by atoms with Crippen molar-refractivity contribution in [2.45, 2.75) is 64.9 Å². The maximum Gasteiger partial charge on any atom is 0.243 e. The summed E-state index contributed by atoms with van der Waals surface area (Å²) in [5.41, 5.74) is 1.74. The molecule has 6 atom stereocenters. The molecule has 0 saturated heterocycles. The fourth-order valence-electron chi connectivity index (χ4n) is 6.54. The second-order valence-corrected chi connectivity index (χ2v) is 8.68. The molecule has 0 aromatic rings. The predicted octanol–water partition coefficient (Wildman–Crippen LogP) is 3.04. The van der Waals surface area contributed by atoms with Crippen molar-refractivity contribution in [3.8, 4) is 0 Å². The Balaban J connectivity index is 1.69. The monoisotopic (exact) mass is 303 g/mol. The zero-order valence-electron chi connectivity index (χ0n) is 13.9. The van der Waals surface area contributed by atoms with Gasteiger partial charge in [0.05, 0.1) is 6.10 Å². The van der Waals surface area contributed by atoms with Crippen LogP contribution in [-0.2, 0) is 4.79 Å². The van der Waals surface area contributed by atoms with Crippen molar-refractivity contribution >= 4 is 5.91 Å². The van der Waals surface area contributed by atoms with E-state index in [1.165, 1.54) is 24.8 Å². The van der Waals surface area contributed by atoms with Gasteiger partial charge in [-0.15, -0.1) is 0 Å². The Morgan fingerprint density at radius 2 is 1.95 bits per heavy atom. The highest BCUT2D eigenvalue weighted by atomic mass is 16.3. The van der Waals surface area contributed by atoms with E-state index in [1.807, 2.05) is 6.08 Å². The number of aliphatic hydroxyl groups excluding tert-OH is 1. The van der Waals surface area contributed by atoms with Crippen LogP contribution in [0.15, 0.2) is 11.6 Å². The lowest BCUT2D eigenvalue weighted by molar-refractivity contribution is -0.116. The van der Waals surface area contributed by atoms with Crippen LogP contribution in [0.5, 0.6) is 0 Å². The molecule has 3 fully saturated rings. The molecule has 3 aliphatic carbocycles. The van der Waals surface area contributed by atoms with Gasteiger partial charge in [-0.05, 0) is 73.5 Å². The lowest BCUT2D eigenvalue weighted by Crippen LogP contribution is -2.50. The van der Waals surface area contributed by atoms with Gasteiger partial charge < -0.3 is 10.4 Å². The van der Waals surface area contributed by atoms with Crippen molar-refractivity contribution in [2.24, 2.45) is 28.6 Å². The fourth-order valence-corrected chi connectivity index (χ4v) is 6.54. The summed E-state index contributed by atoms with van der Waals surface area (Å²) < 4.78 is 0. The summed E-state index contributed by atoms with van der Waals surface area (Å²) in [7, 11) is 0. The summed E-state index contributed by atoms with van der Waals surface area (Å²) in [6.07, 6.45) is 9.74. The van der Waals surface area contributed by atoms with Gasteiger partial charge in [0.25, 0.3) is 0 Å². The first-order chi connectivity index (χ1) is 10.4. The number of hydrogen-bond acceptors (Lipinski definition) is 2. The molecule has 122 valence electrons. The lowest BCUT2D eigenvalue weighted by Gasteiger charge is -2.56. The number of fused-ring (bicyclic) bond motifs is 5. The third kappa shape index (κ3) is 1.87. The third-order valence-corrected chi connectivity index (χ3v) is 7.93. The number of carbonyl (C=O) groups is 1. The Morgan fingerprint density at radius 3 is 2.77 bits per heavy atom. The fraction of sp³-hybridized carbons (Fsp3) is 0.842. The molecule has 22 heavy (non-hydrogen) atoms. The van der Waals surface area contributed by atoms with Gasteiger partial charge in [0, 0.05) is 12.6 Å². The van der Waals surface area contributed by atoms with Crippen LogP contribution in [0, 0.1) is 28.6 Å². The van der Waals surface area contributed by atoms with Gasteiger partial charge in [-0.2, -0.15) is 0 Å². The van der Waals surface area contributed by atoms with Crippen LogP contribution in [0.3, 0.4) is 0 Å². The normalized spacial score (nSPS) is 51.0. The maximum absolute atomic E-state index is 11.9. The van der Waals surface area contributed by atoms with E-state index < -0.39 is 0 Å². The minimum Gasteiger partial charge on any atom is -0.393 e. The number of hydrogen-bond donors (Lipinski definition) is 2. The highest BCUT2D eigenvalue weighted by Crippen LogP contribution is 2.64. The van der Waals surface area contributed by atoms with Crippen molar-refractivity contribution in [1.29, 1.82) is 0 Å². The van der Waals surface area contributed by atoms with Gasteiger partial charge in [-0.25, -0.2) is 0 Å². The lowest BCUT2D eigenvalue weighted by atomic mass is 9.48. The molecule has 0 unspecified atom stereocenters. The minimum absolute atomic E-state index is 0.0967. The zero-order valence-corrected chi connectivity index (χ0v) is 13.9. The van der Waals surface area contributed by atoms with Crippen molar-refractivity contribution in [1.82, 2.24) is 5.32 Å². The van der Waals surface area contributed by atoms with E-state index in [9.17, 15) is 9.90 Å². The number of amides is 1. The largest absolute Gasteiger partial charge is 0.393 e. The van der Waals surface area contributed by atoms with Crippen LogP contribution >= 0.6 is 0 Å². The molecule has 0 radical (unpaired) electrons. The molecule has 1 heterocycles. The molecule has 3 saturated carbocycles. The van der Waals surface area contributed by atoms with Crippen LogP contribution in [0.4, 0.5) is 0 Å². The second-order valence-electron chi connectivity index (χ2n) is 8.68. The second kappa shape index (κ2) is 4.83. The van der Waals surface area contributed by atoms with E-state index in [2.05, 4.69) is 19.2 Å². The van der Waals surface area contributed by atoms with Crippen LogP contribution in [-0.4, -0.2) is 23.7 Å². The molecular weight excluding hydrogens is 274 g/mol. The van der Waals surface area contributed by atoms with E-state index in [1.54, 1.807) is 0 Å². The first kappa shape index (κ1) is 14.7. The SMILES string of the molecule is C[C@]12CC[C@@H]3[C@H](CCC4=CC(=O)NCC[C@]43C)[C@@H]1CC[C@@H]2O. The molecule has 2 N–H and O–H groups in total. The van der Waals surface area contributed by atoms with Gasteiger partial charge >= 0.3 is 0 Å². The van der Waals surface area contributed by atoms with E-state index in [0.717, 1.165) is 38.1 Å². The highest BCUT2D eigenvalue weighted by Gasteiger charge is 2.58. The average Bonchev–Trinajstić information content (AvgIpc) is 2.68. The Kier molecular flexibility index (Phi) is 3.24. The van der Waals surface area contributed by atoms with Gasteiger partial charge in [0.1, 0.15) is 0 Å². The van der Waals surface area contributed by atoms with Gasteiger partial charge in [-0.3, -0.25) is 4.79 Å². The highest BCUT2D eigenvalue weighted by molar-refractivity contribution is 5.88. The number of carbonyl (C=O) groups excluding carboxylic acids is 1.